The maximum absolute atomic E-state index is 13.4. The summed E-state index contributed by atoms with van der Waals surface area (Å²) in [6.45, 7) is 1.41. The lowest BCUT2D eigenvalue weighted by Gasteiger charge is -2.01. The molecule has 0 aliphatic carbocycles. The molecule has 2 rings (SSSR count). The molecular formula is C11H9FN2O. The van der Waals surface area contributed by atoms with Gasteiger partial charge in [-0.25, -0.2) is 4.39 Å². The normalized spacial score (nSPS) is 10.3. The van der Waals surface area contributed by atoms with Gasteiger partial charge in [0.1, 0.15) is 11.5 Å². The van der Waals surface area contributed by atoms with E-state index in [-0.39, 0.29) is 11.6 Å². The van der Waals surface area contributed by atoms with Crippen LogP contribution in [0.1, 0.15) is 17.4 Å². The second kappa shape index (κ2) is 3.65. The zero-order chi connectivity index (χ0) is 10.8. The third-order valence-corrected chi connectivity index (χ3v) is 2.16. The minimum Gasteiger partial charge on any atom is -0.293 e. The maximum Gasteiger partial charge on any atom is 0.178 e. The van der Waals surface area contributed by atoms with Gasteiger partial charge in [-0.2, -0.15) is 5.10 Å². The van der Waals surface area contributed by atoms with Crippen molar-refractivity contribution in [2.45, 2.75) is 6.92 Å². The molecular weight excluding hydrogens is 195 g/mol. The first kappa shape index (κ1) is 9.58. The quantitative estimate of drug-likeness (QED) is 0.763. The molecule has 0 saturated carbocycles. The molecule has 0 unspecified atom stereocenters. The fraction of sp³-hybridized carbons (Fsp3) is 0.0909. The van der Waals surface area contributed by atoms with E-state index < -0.39 is 0 Å². The number of ketones is 1. The van der Waals surface area contributed by atoms with Crippen LogP contribution in [0.3, 0.4) is 0 Å². The van der Waals surface area contributed by atoms with Gasteiger partial charge in [-0.05, 0) is 6.07 Å². The van der Waals surface area contributed by atoms with Gasteiger partial charge >= 0.3 is 0 Å². The van der Waals surface area contributed by atoms with Crippen molar-refractivity contribution in [3.8, 4) is 11.1 Å². The molecule has 0 radical (unpaired) electrons. The van der Waals surface area contributed by atoms with Crippen molar-refractivity contribution in [2.75, 3.05) is 0 Å². The average Bonchev–Trinajstić information content (AvgIpc) is 2.67. The Morgan fingerprint density at radius 2 is 2.07 bits per heavy atom. The Kier molecular flexibility index (Phi) is 2.33. The standard InChI is InChI=1S/C11H9FN2O/c1-7(15)11-9(6-13-14-11)8-4-2-3-5-10(8)12/h2-6H,1H3,(H,13,14). The molecule has 3 nitrogen and oxygen atoms in total. The summed E-state index contributed by atoms with van der Waals surface area (Å²) in [4.78, 5) is 11.2. The summed E-state index contributed by atoms with van der Waals surface area (Å²) in [6, 6.07) is 6.29. The number of H-pyrrole nitrogens is 1. The molecule has 2 aromatic rings. The van der Waals surface area contributed by atoms with Crippen LogP contribution in [0, 0.1) is 5.82 Å². The van der Waals surface area contributed by atoms with E-state index in [1.54, 1.807) is 18.2 Å². The Hall–Kier alpha value is -1.97. The molecule has 0 spiro atoms. The second-order valence-electron chi connectivity index (χ2n) is 3.19. The summed E-state index contributed by atoms with van der Waals surface area (Å²) in [5.41, 5.74) is 1.22. The minimum absolute atomic E-state index is 0.161. The third-order valence-electron chi connectivity index (χ3n) is 2.16. The van der Waals surface area contributed by atoms with Crippen molar-refractivity contribution >= 4 is 5.78 Å². The number of Topliss-reactive ketones (excluding diaryl/α,β-unsaturated/α-hetero) is 1. The lowest BCUT2D eigenvalue weighted by atomic mass is 10.0. The number of aromatic amines is 1. The summed E-state index contributed by atoms with van der Waals surface area (Å²) in [5, 5.41) is 6.31. The number of carbonyl (C=O) groups is 1. The van der Waals surface area contributed by atoms with Crippen LogP contribution in [0.25, 0.3) is 11.1 Å². The lowest BCUT2D eigenvalue weighted by molar-refractivity contribution is 0.101. The Labute approximate surface area is 85.9 Å². The Bertz CT molecular complexity index is 505. The number of carbonyl (C=O) groups excluding carboxylic acids is 1. The number of aromatic nitrogens is 2. The summed E-state index contributed by atoms with van der Waals surface area (Å²) in [5.74, 6) is -0.521. The van der Waals surface area contributed by atoms with Crippen LogP contribution < -0.4 is 0 Å². The molecule has 1 aromatic carbocycles. The van der Waals surface area contributed by atoms with Crippen molar-refractivity contribution in [3.63, 3.8) is 0 Å². The van der Waals surface area contributed by atoms with Crippen molar-refractivity contribution in [1.82, 2.24) is 10.2 Å². The van der Waals surface area contributed by atoms with Crippen molar-refractivity contribution in [2.24, 2.45) is 0 Å². The Morgan fingerprint density at radius 1 is 1.33 bits per heavy atom. The highest BCUT2D eigenvalue weighted by atomic mass is 19.1. The van der Waals surface area contributed by atoms with E-state index >= 15 is 0 Å². The first-order valence-electron chi connectivity index (χ1n) is 4.49. The molecule has 0 saturated heterocycles. The van der Waals surface area contributed by atoms with Gasteiger partial charge in [0, 0.05) is 18.1 Å². The van der Waals surface area contributed by atoms with Gasteiger partial charge in [0.2, 0.25) is 0 Å². The molecule has 0 amide bonds. The first-order chi connectivity index (χ1) is 7.20. The zero-order valence-electron chi connectivity index (χ0n) is 8.12. The summed E-state index contributed by atoms with van der Waals surface area (Å²) >= 11 is 0. The number of rotatable bonds is 2. The topological polar surface area (TPSA) is 45.8 Å². The van der Waals surface area contributed by atoms with Crippen molar-refractivity contribution in [1.29, 1.82) is 0 Å². The van der Waals surface area contributed by atoms with Crippen LogP contribution in [0.15, 0.2) is 30.5 Å². The summed E-state index contributed by atoms with van der Waals surface area (Å²) in [6.07, 6.45) is 1.45. The highest BCUT2D eigenvalue weighted by Crippen LogP contribution is 2.24. The number of hydrogen-bond acceptors (Lipinski definition) is 2. The van der Waals surface area contributed by atoms with Gasteiger partial charge in [-0.3, -0.25) is 9.89 Å². The molecule has 4 heteroatoms. The molecule has 76 valence electrons. The van der Waals surface area contributed by atoms with E-state index in [0.717, 1.165) is 0 Å². The van der Waals surface area contributed by atoms with Crippen LogP contribution >= 0.6 is 0 Å². The van der Waals surface area contributed by atoms with Gasteiger partial charge in [-0.15, -0.1) is 0 Å². The number of halogens is 1. The fourth-order valence-corrected chi connectivity index (χ4v) is 1.44. The predicted molar refractivity (Wildman–Crippen MR) is 54.0 cm³/mol. The molecule has 15 heavy (non-hydrogen) atoms. The van der Waals surface area contributed by atoms with Crippen LogP contribution in [0.4, 0.5) is 4.39 Å². The first-order valence-corrected chi connectivity index (χ1v) is 4.49. The Balaban J connectivity index is 2.59. The van der Waals surface area contributed by atoms with Crippen LogP contribution in [0.2, 0.25) is 0 Å². The van der Waals surface area contributed by atoms with Crippen molar-refractivity contribution in [3.05, 3.63) is 42.0 Å². The van der Waals surface area contributed by atoms with Crippen LogP contribution in [-0.2, 0) is 0 Å². The zero-order valence-corrected chi connectivity index (χ0v) is 8.12. The monoisotopic (exact) mass is 204 g/mol. The van der Waals surface area contributed by atoms with Crippen molar-refractivity contribution < 1.29 is 9.18 Å². The molecule has 0 aliphatic heterocycles. The summed E-state index contributed by atoms with van der Waals surface area (Å²) in [7, 11) is 0. The lowest BCUT2D eigenvalue weighted by Crippen LogP contribution is -1.96. The maximum atomic E-state index is 13.4. The Morgan fingerprint density at radius 3 is 2.73 bits per heavy atom. The van der Waals surface area contributed by atoms with E-state index in [9.17, 15) is 9.18 Å². The number of hydrogen-bond donors (Lipinski definition) is 1. The van der Waals surface area contributed by atoms with E-state index in [0.29, 0.717) is 16.8 Å². The van der Waals surface area contributed by atoms with Crippen LogP contribution in [-0.4, -0.2) is 16.0 Å². The van der Waals surface area contributed by atoms with Crippen LogP contribution in [0.5, 0.6) is 0 Å². The molecule has 0 aliphatic rings. The average molecular weight is 204 g/mol. The minimum atomic E-state index is -0.360. The number of nitrogens with zero attached hydrogens (tertiary/aromatic N) is 1. The van der Waals surface area contributed by atoms with Gasteiger partial charge in [0.15, 0.2) is 5.78 Å². The van der Waals surface area contributed by atoms with E-state index in [1.165, 1.54) is 19.2 Å². The molecule has 1 heterocycles. The third kappa shape index (κ3) is 1.66. The van der Waals surface area contributed by atoms with Gasteiger partial charge in [-0.1, -0.05) is 18.2 Å². The highest BCUT2D eigenvalue weighted by Gasteiger charge is 2.13. The molecule has 0 atom stereocenters. The SMILES string of the molecule is CC(=O)c1[nH]ncc1-c1ccccc1F. The molecule has 0 fully saturated rings. The summed E-state index contributed by atoms with van der Waals surface area (Å²) < 4.78 is 13.4. The van der Waals surface area contributed by atoms with E-state index in [2.05, 4.69) is 10.2 Å². The number of nitrogens with one attached hydrogen (secondary N) is 1. The van der Waals surface area contributed by atoms with Gasteiger partial charge < -0.3 is 0 Å². The fourth-order valence-electron chi connectivity index (χ4n) is 1.44. The molecule has 0 bridgehead atoms. The largest absolute Gasteiger partial charge is 0.293 e. The number of benzene rings is 1. The predicted octanol–water partition coefficient (Wildman–Crippen LogP) is 2.42. The van der Waals surface area contributed by atoms with E-state index in [1.807, 2.05) is 0 Å². The smallest absolute Gasteiger partial charge is 0.178 e. The highest BCUT2D eigenvalue weighted by molar-refractivity contribution is 5.98. The van der Waals surface area contributed by atoms with E-state index in [4.69, 9.17) is 0 Å². The van der Waals surface area contributed by atoms with Gasteiger partial charge in [0.25, 0.3) is 0 Å². The second-order valence-corrected chi connectivity index (χ2v) is 3.19. The molecule has 1 N–H and O–H groups in total. The molecule has 1 aromatic heterocycles. The van der Waals surface area contributed by atoms with Gasteiger partial charge in [0.05, 0.1) is 6.20 Å².